The minimum absolute atomic E-state index is 0.687. The highest BCUT2D eigenvalue weighted by Crippen LogP contribution is 2.15. The Bertz CT molecular complexity index is 278. The normalized spacial score (nSPS) is 20.3. The summed E-state index contributed by atoms with van der Waals surface area (Å²) in [5, 5.41) is 12.5. The monoisotopic (exact) mass is 286 g/mol. The van der Waals surface area contributed by atoms with Gasteiger partial charge in [-0.25, -0.2) is 0 Å². The summed E-state index contributed by atoms with van der Waals surface area (Å²) >= 11 is 0. The summed E-state index contributed by atoms with van der Waals surface area (Å²) in [6.07, 6.45) is 4.74. The first-order valence-electron chi connectivity index (χ1n) is 7.87. The lowest BCUT2D eigenvalue weighted by atomic mass is 9.94. The molecule has 118 valence electrons. The Kier molecular flexibility index (Phi) is 8.11. The minimum atomic E-state index is -0.780. The molecule has 5 nitrogen and oxygen atoms in total. The van der Waals surface area contributed by atoms with Crippen molar-refractivity contribution in [2.45, 2.75) is 51.5 Å². The van der Waals surface area contributed by atoms with Crippen molar-refractivity contribution in [2.75, 3.05) is 39.4 Å². The molecule has 1 unspecified atom stereocenters. The minimum Gasteiger partial charge on any atom is -0.480 e. The van der Waals surface area contributed by atoms with Crippen molar-refractivity contribution in [3.63, 3.8) is 0 Å². The third-order valence-electron chi connectivity index (χ3n) is 3.95. The molecule has 1 fully saturated rings. The van der Waals surface area contributed by atoms with Crippen molar-refractivity contribution < 1.29 is 14.6 Å². The Morgan fingerprint density at radius 2 is 2.15 bits per heavy atom. The molecule has 0 aromatic heterocycles. The molecule has 0 spiro atoms. The van der Waals surface area contributed by atoms with Crippen molar-refractivity contribution in [3.05, 3.63) is 0 Å². The summed E-state index contributed by atoms with van der Waals surface area (Å²) in [5.74, 6) is -0.742. The van der Waals surface area contributed by atoms with Gasteiger partial charge in [-0.05, 0) is 52.1 Å². The van der Waals surface area contributed by atoms with Crippen LogP contribution in [-0.2, 0) is 9.53 Å². The van der Waals surface area contributed by atoms with Crippen molar-refractivity contribution in [2.24, 2.45) is 0 Å². The quantitative estimate of drug-likeness (QED) is 0.632. The van der Waals surface area contributed by atoms with Gasteiger partial charge in [0.1, 0.15) is 5.54 Å². The fourth-order valence-corrected chi connectivity index (χ4v) is 2.51. The van der Waals surface area contributed by atoms with E-state index in [4.69, 9.17) is 4.74 Å². The van der Waals surface area contributed by atoms with Crippen molar-refractivity contribution in [1.29, 1.82) is 0 Å². The molecule has 2 N–H and O–H groups in total. The van der Waals surface area contributed by atoms with Crippen LogP contribution in [0.4, 0.5) is 0 Å². The van der Waals surface area contributed by atoms with Crippen LogP contribution < -0.4 is 5.32 Å². The highest BCUT2D eigenvalue weighted by molar-refractivity contribution is 5.78. The van der Waals surface area contributed by atoms with Gasteiger partial charge in [0.25, 0.3) is 0 Å². The largest absolute Gasteiger partial charge is 0.480 e. The lowest BCUT2D eigenvalue weighted by Gasteiger charge is -2.27. The van der Waals surface area contributed by atoms with Crippen molar-refractivity contribution in [3.8, 4) is 0 Å². The molecule has 5 heteroatoms. The second-order valence-electron chi connectivity index (χ2n) is 5.83. The van der Waals surface area contributed by atoms with Gasteiger partial charge >= 0.3 is 5.97 Å². The van der Waals surface area contributed by atoms with E-state index >= 15 is 0 Å². The van der Waals surface area contributed by atoms with E-state index in [1.165, 1.54) is 0 Å². The summed E-state index contributed by atoms with van der Waals surface area (Å²) in [6, 6.07) is 0. The van der Waals surface area contributed by atoms with E-state index in [2.05, 4.69) is 17.1 Å². The Morgan fingerprint density at radius 1 is 1.35 bits per heavy atom. The van der Waals surface area contributed by atoms with Crippen LogP contribution in [0.25, 0.3) is 0 Å². The number of aliphatic carboxylic acids is 1. The summed E-state index contributed by atoms with van der Waals surface area (Å²) in [4.78, 5) is 13.8. The highest BCUT2D eigenvalue weighted by Gasteiger charge is 2.31. The van der Waals surface area contributed by atoms with Crippen LogP contribution in [0.2, 0.25) is 0 Å². The average Bonchev–Trinajstić information content (AvgIpc) is 2.70. The van der Waals surface area contributed by atoms with E-state index in [9.17, 15) is 9.90 Å². The van der Waals surface area contributed by atoms with E-state index in [0.29, 0.717) is 6.42 Å². The Morgan fingerprint density at radius 3 is 2.85 bits per heavy atom. The molecule has 0 aromatic rings. The molecule has 1 atom stereocenters. The van der Waals surface area contributed by atoms with Gasteiger partial charge in [-0.2, -0.15) is 0 Å². The van der Waals surface area contributed by atoms with E-state index in [-0.39, 0.29) is 0 Å². The van der Waals surface area contributed by atoms with Crippen LogP contribution in [0.3, 0.4) is 0 Å². The van der Waals surface area contributed by atoms with Crippen molar-refractivity contribution >= 4 is 5.97 Å². The first-order valence-corrected chi connectivity index (χ1v) is 7.87. The standard InChI is InChI=1S/C15H30N2O3/c1-3-8-16-15(2,14(18)19)7-4-5-9-17-10-6-12-20-13-11-17/h16H,3-13H2,1-2H3,(H,18,19). The van der Waals surface area contributed by atoms with Crippen LogP contribution in [0.5, 0.6) is 0 Å². The maximum absolute atomic E-state index is 11.4. The lowest BCUT2D eigenvalue weighted by Crippen LogP contribution is -2.49. The number of carboxylic acids is 1. The summed E-state index contributed by atoms with van der Waals surface area (Å²) in [7, 11) is 0. The molecule has 0 amide bonds. The lowest BCUT2D eigenvalue weighted by molar-refractivity contribution is -0.144. The number of carboxylic acid groups (broad SMARTS) is 1. The van der Waals surface area contributed by atoms with E-state index in [1.54, 1.807) is 6.92 Å². The fourth-order valence-electron chi connectivity index (χ4n) is 2.51. The zero-order chi connectivity index (χ0) is 14.8. The third kappa shape index (κ3) is 6.20. The number of rotatable bonds is 9. The second-order valence-corrected chi connectivity index (χ2v) is 5.83. The molecule has 1 saturated heterocycles. The SMILES string of the molecule is CCCNC(C)(CCCCN1CCCOCC1)C(=O)O. The van der Waals surface area contributed by atoms with Gasteiger partial charge in [-0.3, -0.25) is 4.79 Å². The van der Waals surface area contributed by atoms with Gasteiger partial charge in [0.05, 0.1) is 6.61 Å². The smallest absolute Gasteiger partial charge is 0.323 e. The Balaban J connectivity index is 2.24. The van der Waals surface area contributed by atoms with Crippen LogP contribution in [-0.4, -0.2) is 60.9 Å². The zero-order valence-corrected chi connectivity index (χ0v) is 13.0. The predicted octanol–water partition coefficient (Wildman–Crippen LogP) is 1.72. The van der Waals surface area contributed by atoms with Gasteiger partial charge in [0, 0.05) is 19.7 Å². The van der Waals surface area contributed by atoms with Crippen LogP contribution >= 0.6 is 0 Å². The average molecular weight is 286 g/mol. The first-order chi connectivity index (χ1) is 9.58. The number of nitrogens with zero attached hydrogens (tertiary/aromatic N) is 1. The van der Waals surface area contributed by atoms with Crippen LogP contribution in [0, 0.1) is 0 Å². The molecular weight excluding hydrogens is 256 g/mol. The highest BCUT2D eigenvalue weighted by atomic mass is 16.5. The van der Waals surface area contributed by atoms with E-state index in [0.717, 1.165) is 65.1 Å². The summed E-state index contributed by atoms with van der Waals surface area (Å²) < 4.78 is 5.43. The molecule has 20 heavy (non-hydrogen) atoms. The maximum Gasteiger partial charge on any atom is 0.323 e. The molecule has 0 saturated carbocycles. The molecular formula is C15H30N2O3. The Hall–Kier alpha value is -0.650. The van der Waals surface area contributed by atoms with Gasteiger partial charge in [-0.1, -0.05) is 6.92 Å². The second kappa shape index (κ2) is 9.32. The molecule has 0 bridgehead atoms. The number of nitrogens with one attached hydrogen (secondary N) is 1. The number of carbonyl (C=O) groups is 1. The van der Waals surface area contributed by atoms with Crippen LogP contribution in [0.1, 0.15) is 46.0 Å². The zero-order valence-electron chi connectivity index (χ0n) is 13.0. The number of hydrogen-bond acceptors (Lipinski definition) is 4. The number of hydrogen-bond donors (Lipinski definition) is 2. The molecule has 1 rings (SSSR count). The summed E-state index contributed by atoms with van der Waals surface area (Å²) in [6.45, 7) is 9.45. The van der Waals surface area contributed by atoms with E-state index < -0.39 is 11.5 Å². The molecule has 1 aliphatic rings. The molecule has 0 radical (unpaired) electrons. The van der Waals surface area contributed by atoms with Crippen LogP contribution in [0.15, 0.2) is 0 Å². The van der Waals surface area contributed by atoms with Gasteiger partial charge in [0.15, 0.2) is 0 Å². The van der Waals surface area contributed by atoms with Gasteiger partial charge in [-0.15, -0.1) is 0 Å². The third-order valence-corrected chi connectivity index (χ3v) is 3.95. The van der Waals surface area contributed by atoms with Crippen molar-refractivity contribution in [1.82, 2.24) is 10.2 Å². The Labute approximate surface area is 122 Å². The van der Waals surface area contributed by atoms with Gasteiger partial charge < -0.3 is 20.1 Å². The maximum atomic E-state index is 11.4. The predicted molar refractivity (Wildman–Crippen MR) is 80.1 cm³/mol. The number of unbranched alkanes of at least 4 members (excludes halogenated alkanes) is 1. The number of ether oxygens (including phenoxy) is 1. The molecule has 1 aliphatic heterocycles. The first kappa shape index (κ1) is 17.4. The molecule has 1 heterocycles. The topological polar surface area (TPSA) is 61.8 Å². The summed E-state index contributed by atoms with van der Waals surface area (Å²) in [5.41, 5.74) is -0.780. The van der Waals surface area contributed by atoms with Gasteiger partial charge in [0.2, 0.25) is 0 Å². The molecule has 0 aromatic carbocycles. The van der Waals surface area contributed by atoms with E-state index in [1.807, 2.05) is 0 Å². The molecule has 0 aliphatic carbocycles. The fraction of sp³-hybridized carbons (Fsp3) is 0.933.